The molecule has 1 heterocycles. The molecule has 7 nitrogen and oxygen atoms in total. The van der Waals surface area contributed by atoms with Gasteiger partial charge in [0.25, 0.3) is 11.2 Å². The topological polar surface area (TPSA) is 113 Å². The zero-order valence-electron chi connectivity index (χ0n) is 11.7. The first kappa shape index (κ1) is 15.7. The van der Waals surface area contributed by atoms with E-state index in [1.54, 1.807) is 0 Å². The van der Waals surface area contributed by atoms with Crippen molar-refractivity contribution in [3.8, 4) is 6.07 Å². The number of aromatic amines is 1. The van der Waals surface area contributed by atoms with E-state index in [4.69, 9.17) is 5.26 Å². The van der Waals surface area contributed by atoms with Crippen molar-refractivity contribution in [2.75, 3.05) is 0 Å². The number of H-pyrrole nitrogens is 1. The summed E-state index contributed by atoms with van der Waals surface area (Å²) in [6.45, 7) is 1.99. The maximum atomic E-state index is 11.6. The Balaban J connectivity index is 2.37. The van der Waals surface area contributed by atoms with Gasteiger partial charge in [-0.05, 0) is 12.5 Å². The minimum atomic E-state index is -0.558. The first-order valence-corrected chi connectivity index (χ1v) is 7.31. The van der Waals surface area contributed by atoms with Crippen molar-refractivity contribution in [1.82, 2.24) is 9.97 Å². The number of non-ortho nitro benzene ring substituents is 1. The molecule has 0 saturated heterocycles. The number of nitrogens with one attached hydrogen (secondary N) is 1. The number of hydrogen-bond acceptors (Lipinski definition) is 6. The van der Waals surface area contributed by atoms with E-state index in [2.05, 4.69) is 9.97 Å². The van der Waals surface area contributed by atoms with E-state index in [0.717, 1.165) is 18.2 Å². The fraction of sp³-hybridized carbons (Fsp3) is 0.214. The maximum absolute atomic E-state index is 11.6. The molecule has 0 aliphatic heterocycles. The molecule has 0 saturated carbocycles. The molecule has 0 radical (unpaired) electrons. The highest BCUT2D eigenvalue weighted by molar-refractivity contribution is 7.99. The van der Waals surface area contributed by atoms with Gasteiger partial charge in [-0.3, -0.25) is 14.9 Å². The summed E-state index contributed by atoms with van der Waals surface area (Å²) < 4.78 is 0. The van der Waals surface area contributed by atoms with E-state index in [-0.39, 0.29) is 16.8 Å². The van der Waals surface area contributed by atoms with E-state index < -0.39 is 4.92 Å². The molecule has 0 spiro atoms. The molecule has 22 heavy (non-hydrogen) atoms. The monoisotopic (exact) mass is 316 g/mol. The second-order valence-electron chi connectivity index (χ2n) is 4.44. The molecule has 112 valence electrons. The molecule has 1 aromatic heterocycles. The second kappa shape index (κ2) is 6.87. The summed E-state index contributed by atoms with van der Waals surface area (Å²) in [7, 11) is 0. The SMILES string of the molecule is CCCc1cc(=O)[nH]c(Sc2ccc([N+](=O)[O-])cc2C#N)n1. The summed E-state index contributed by atoms with van der Waals surface area (Å²) in [6.07, 6.45) is 1.55. The van der Waals surface area contributed by atoms with Crippen molar-refractivity contribution in [2.45, 2.75) is 29.8 Å². The van der Waals surface area contributed by atoms with Crippen molar-refractivity contribution in [1.29, 1.82) is 5.26 Å². The number of benzene rings is 1. The minimum Gasteiger partial charge on any atom is -0.301 e. The van der Waals surface area contributed by atoms with Gasteiger partial charge in [0.15, 0.2) is 5.16 Å². The molecular formula is C14H12N4O3S. The van der Waals surface area contributed by atoms with Crippen molar-refractivity contribution >= 4 is 17.4 Å². The Labute approximate surface area is 130 Å². The number of rotatable bonds is 5. The average Bonchev–Trinajstić information content (AvgIpc) is 2.47. The van der Waals surface area contributed by atoms with Crippen molar-refractivity contribution in [3.05, 3.63) is 56.0 Å². The predicted molar refractivity (Wildman–Crippen MR) is 80.8 cm³/mol. The molecule has 1 N–H and O–H groups in total. The Morgan fingerprint density at radius 2 is 2.23 bits per heavy atom. The molecular weight excluding hydrogens is 304 g/mol. The molecule has 1 aromatic carbocycles. The Morgan fingerprint density at radius 3 is 2.86 bits per heavy atom. The molecule has 2 aromatic rings. The standard InChI is InChI=1S/C14H12N4O3S/c1-2-3-10-7-13(19)17-14(16-10)22-12-5-4-11(18(20)21)6-9(12)8-15/h4-7H,2-3H2,1H3,(H,16,17,19). The maximum Gasteiger partial charge on any atom is 0.270 e. The third-order valence-electron chi connectivity index (χ3n) is 2.78. The molecule has 0 unspecified atom stereocenters. The third kappa shape index (κ3) is 3.71. The zero-order valence-corrected chi connectivity index (χ0v) is 12.5. The summed E-state index contributed by atoms with van der Waals surface area (Å²) in [5, 5.41) is 20.2. The summed E-state index contributed by atoms with van der Waals surface area (Å²) in [6, 6.07) is 7.36. The lowest BCUT2D eigenvalue weighted by molar-refractivity contribution is -0.384. The van der Waals surface area contributed by atoms with Crippen molar-refractivity contribution < 1.29 is 4.92 Å². The third-order valence-corrected chi connectivity index (χ3v) is 3.74. The van der Waals surface area contributed by atoms with Crippen LogP contribution in [-0.2, 0) is 6.42 Å². The Kier molecular flexibility index (Phi) is 4.91. The van der Waals surface area contributed by atoms with Crippen LogP contribution < -0.4 is 5.56 Å². The second-order valence-corrected chi connectivity index (χ2v) is 5.47. The lowest BCUT2D eigenvalue weighted by Gasteiger charge is -2.05. The smallest absolute Gasteiger partial charge is 0.270 e. The van der Waals surface area contributed by atoms with Gasteiger partial charge in [-0.1, -0.05) is 25.1 Å². The van der Waals surface area contributed by atoms with Crippen molar-refractivity contribution in [2.24, 2.45) is 0 Å². The number of nitro benzene ring substituents is 1. The number of nitriles is 1. The van der Waals surface area contributed by atoms with Crippen LogP contribution in [0, 0.1) is 21.4 Å². The normalized spacial score (nSPS) is 10.2. The highest BCUT2D eigenvalue weighted by Crippen LogP contribution is 2.29. The van der Waals surface area contributed by atoms with Gasteiger partial charge in [0.1, 0.15) is 6.07 Å². The Bertz CT molecular complexity index is 810. The first-order chi connectivity index (χ1) is 10.5. The zero-order chi connectivity index (χ0) is 16.1. The van der Waals surface area contributed by atoms with Crippen LogP contribution in [0.1, 0.15) is 24.6 Å². The van der Waals surface area contributed by atoms with Crippen LogP contribution in [0.4, 0.5) is 5.69 Å². The molecule has 2 rings (SSSR count). The fourth-order valence-corrected chi connectivity index (χ4v) is 2.70. The molecule has 0 amide bonds. The fourth-order valence-electron chi connectivity index (χ4n) is 1.83. The lowest BCUT2D eigenvalue weighted by Crippen LogP contribution is -2.09. The van der Waals surface area contributed by atoms with Gasteiger partial charge in [0.05, 0.1) is 10.5 Å². The first-order valence-electron chi connectivity index (χ1n) is 6.50. The van der Waals surface area contributed by atoms with Crippen LogP contribution in [0.25, 0.3) is 0 Å². The van der Waals surface area contributed by atoms with E-state index in [1.165, 1.54) is 24.3 Å². The van der Waals surface area contributed by atoms with E-state index in [9.17, 15) is 14.9 Å². The molecule has 8 heteroatoms. The highest BCUT2D eigenvalue weighted by Gasteiger charge is 2.13. The van der Waals surface area contributed by atoms with Gasteiger partial charge in [-0.15, -0.1) is 0 Å². The molecule has 0 atom stereocenters. The van der Waals surface area contributed by atoms with Gasteiger partial charge < -0.3 is 4.98 Å². The Morgan fingerprint density at radius 1 is 1.45 bits per heavy atom. The van der Waals surface area contributed by atoms with E-state index >= 15 is 0 Å². The molecule has 0 fully saturated rings. The predicted octanol–water partition coefficient (Wildman–Crippen LogP) is 2.65. The van der Waals surface area contributed by atoms with Crippen molar-refractivity contribution in [3.63, 3.8) is 0 Å². The minimum absolute atomic E-state index is 0.151. The quantitative estimate of drug-likeness (QED) is 0.515. The summed E-state index contributed by atoms with van der Waals surface area (Å²) in [4.78, 5) is 29.2. The van der Waals surface area contributed by atoms with Crippen LogP contribution in [0.15, 0.2) is 39.1 Å². The van der Waals surface area contributed by atoms with Crippen LogP contribution in [0.3, 0.4) is 0 Å². The van der Waals surface area contributed by atoms with Crippen LogP contribution in [0.2, 0.25) is 0 Å². The lowest BCUT2D eigenvalue weighted by atomic mass is 10.2. The van der Waals surface area contributed by atoms with Crippen LogP contribution in [-0.4, -0.2) is 14.9 Å². The van der Waals surface area contributed by atoms with Crippen LogP contribution >= 0.6 is 11.8 Å². The Hall–Kier alpha value is -2.66. The van der Waals surface area contributed by atoms with Gasteiger partial charge in [-0.2, -0.15) is 5.26 Å². The summed E-state index contributed by atoms with van der Waals surface area (Å²) >= 11 is 1.10. The highest BCUT2D eigenvalue weighted by atomic mass is 32.2. The summed E-state index contributed by atoms with van der Waals surface area (Å²) in [5.74, 6) is 0. The number of hydrogen-bond donors (Lipinski definition) is 1. The van der Waals surface area contributed by atoms with E-state index in [0.29, 0.717) is 22.2 Å². The number of aromatic nitrogens is 2. The number of aryl methyl sites for hydroxylation is 1. The van der Waals surface area contributed by atoms with Gasteiger partial charge in [0.2, 0.25) is 0 Å². The number of nitro groups is 1. The average molecular weight is 316 g/mol. The molecule has 0 bridgehead atoms. The molecule has 0 aliphatic carbocycles. The van der Waals surface area contributed by atoms with Gasteiger partial charge >= 0.3 is 0 Å². The van der Waals surface area contributed by atoms with E-state index in [1.807, 2.05) is 13.0 Å². The largest absolute Gasteiger partial charge is 0.301 e. The van der Waals surface area contributed by atoms with Crippen LogP contribution in [0.5, 0.6) is 0 Å². The van der Waals surface area contributed by atoms with Gasteiger partial charge in [0, 0.05) is 28.8 Å². The summed E-state index contributed by atoms with van der Waals surface area (Å²) in [5.41, 5.74) is 0.431. The molecule has 0 aliphatic rings. The number of nitrogens with zero attached hydrogens (tertiary/aromatic N) is 3. The van der Waals surface area contributed by atoms with Gasteiger partial charge in [-0.25, -0.2) is 4.98 Å².